The third-order valence-electron chi connectivity index (χ3n) is 1.63. The highest BCUT2D eigenvalue weighted by molar-refractivity contribution is 7.09. The number of aromatic nitrogens is 1. The summed E-state index contributed by atoms with van der Waals surface area (Å²) in [4.78, 5) is 15.6. The zero-order chi connectivity index (χ0) is 9.19. The molecule has 0 aromatic carbocycles. The van der Waals surface area contributed by atoms with Crippen LogP contribution < -0.4 is 0 Å². The minimum Gasteiger partial charge on any atom is -0.299 e. The zero-order valence-corrected chi connectivity index (χ0v) is 8.44. The fraction of sp³-hybridized carbons (Fsp3) is 0.556. The van der Waals surface area contributed by atoms with Crippen LogP contribution in [0.4, 0.5) is 0 Å². The maximum Gasteiger partial charge on any atom is 0.144 e. The van der Waals surface area contributed by atoms with E-state index in [0.29, 0.717) is 6.42 Å². The van der Waals surface area contributed by atoms with E-state index in [4.69, 9.17) is 0 Å². The monoisotopic (exact) mass is 183 g/mol. The topological polar surface area (TPSA) is 30.0 Å². The van der Waals surface area contributed by atoms with E-state index in [2.05, 4.69) is 4.98 Å². The van der Waals surface area contributed by atoms with Gasteiger partial charge in [-0.15, -0.1) is 11.3 Å². The van der Waals surface area contributed by atoms with Gasteiger partial charge < -0.3 is 0 Å². The molecule has 0 aliphatic heterocycles. The minimum absolute atomic E-state index is 0.244. The summed E-state index contributed by atoms with van der Waals surface area (Å²) in [5, 5.41) is 2.81. The Balaban J connectivity index is 2.60. The van der Waals surface area contributed by atoms with Gasteiger partial charge in [0.05, 0.1) is 11.4 Å². The summed E-state index contributed by atoms with van der Waals surface area (Å²) in [5.41, 5.74) is -0.244. The standard InChI is InChI=1S/C9H13NOS/c1-9(2,3)7(11)6-8-10-4-5-12-8/h4-5H,6H2,1-3H3. The first-order valence-corrected chi connectivity index (χ1v) is 4.80. The zero-order valence-electron chi connectivity index (χ0n) is 7.63. The fourth-order valence-corrected chi connectivity index (χ4v) is 1.36. The first-order valence-electron chi connectivity index (χ1n) is 3.92. The number of hydrogen-bond acceptors (Lipinski definition) is 3. The van der Waals surface area contributed by atoms with Gasteiger partial charge >= 0.3 is 0 Å². The van der Waals surface area contributed by atoms with Crippen molar-refractivity contribution in [2.24, 2.45) is 5.41 Å². The molecule has 0 bridgehead atoms. The number of carbonyl (C=O) groups is 1. The molecule has 0 unspecified atom stereocenters. The first kappa shape index (κ1) is 9.39. The van der Waals surface area contributed by atoms with E-state index >= 15 is 0 Å². The normalized spacial score (nSPS) is 11.6. The van der Waals surface area contributed by atoms with E-state index in [0.717, 1.165) is 5.01 Å². The lowest BCUT2D eigenvalue weighted by atomic mass is 9.89. The number of hydrogen-bond donors (Lipinski definition) is 0. The second kappa shape index (κ2) is 3.35. The molecule has 3 heteroatoms. The lowest BCUT2D eigenvalue weighted by molar-refractivity contribution is -0.125. The molecule has 0 aliphatic rings. The van der Waals surface area contributed by atoms with Crippen LogP contribution in [0.15, 0.2) is 11.6 Å². The highest BCUT2D eigenvalue weighted by atomic mass is 32.1. The van der Waals surface area contributed by atoms with Crippen LogP contribution in [-0.2, 0) is 11.2 Å². The highest BCUT2D eigenvalue weighted by Gasteiger charge is 2.21. The summed E-state index contributed by atoms with van der Waals surface area (Å²) in [6, 6.07) is 0. The van der Waals surface area contributed by atoms with E-state index < -0.39 is 0 Å². The molecule has 0 amide bonds. The molecule has 2 nitrogen and oxygen atoms in total. The van der Waals surface area contributed by atoms with Crippen LogP contribution in [0.3, 0.4) is 0 Å². The Kier molecular flexibility index (Phi) is 2.62. The van der Waals surface area contributed by atoms with Crippen molar-refractivity contribution in [3.63, 3.8) is 0 Å². The maximum atomic E-state index is 11.5. The SMILES string of the molecule is CC(C)(C)C(=O)Cc1nccs1. The predicted octanol–water partition coefficient (Wildman–Crippen LogP) is 2.30. The van der Waals surface area contributed by atoms with Gasteiger partial charge in [-0.2, -0.15) is 0 Å². The second-order valence-corrected chi connectivity index (χ2v) is 4.75. The Morgan fingerprint density at radius 3 is 2.67 bits per heavy atom. The van der Waals surface area contributed by atoms with Crippen LogP contribution >= 0.6 is 11.3 Å². The molecule has 0 spiro atoms. The quantitative estimate of drug-likeness (QED) is 0.704. The van der Waals surface area contributed by atoms with Crippen molar-refractivity contribution in [3.05, 3.63) is 16.6 Å². The molecule has 66 valence electrons. The van der Waals surface area contributed by atoms with E-state index in [1.54, 1.807) is 6.20 Å². The van der Waals surface area contributed by atoms with Crippen molar-refractivity contribution >= 4 is 17.1 Å². The highest BCUT2D eigenvalue weighted by Crippen LogP contribution is 2.18. The number of Topliss-reactive ketones (excluding diaryl/α,β-unsaturated/α-hetero) is 1. The molecule has 12 heavy (non-hydrogen) atoms. The third-order valence-corrected chi connectivity index (χ3v) is 2.41. The lowest BCUT2D eigenvalue weighted by Crippen LogP contribution is -2.21. The number of nitrogens with zero attached hydrogens (tertiary/aromatic N) is 1. The second-order valence-electron chi connectivity index (χ2n) is 3.78. The summed E-state index contributed by atoms with van der Waals surface area (Å²) >= 11 is 1.54. The van der Waals surface area contributed by atoms with E-state index in [9.17, 15) is 4.79 Å². The molecule has 1 aromatic rings. The van der Waals surface area contributed by atoms with E-state index in [1.165, 1.54) is 11.3 Å². The van der Waals surface area contributed by atoms with Gasteiger partial charge in [-0.3, -0.25) is 4.79 Å². The summed E-state index contributed by atoms with van der Waals surface area (Å²) in [7, 11) is 0. The molecule has 1 rings (SSSR count). The van der Waals surface area contributed by atoms with Gasteiger partial charge in [-0.1, -0.05) is 20.8 Å². The van der Waals surface area contributed by atoms with Crippen molar-refractivity contribution in [1.82, 2.24) is 4.98 Å². The van der Waals surface area contributed by atoms with Gasteiger partial charge in [0.1, 0.15) is 5.78 Å². The Hall–Kier alpha value is -0.700. The lowest BCUT2D eigenvalue weighted by Gasteiger charge is -2.14. The van der Waals surface area contributed by atoms with Crippen LogP contribution in [0.5, 0.6) is 0 Å². The average Bonchev–Trinajstić information content (AvgIpc) is 2.37. The molecule has 1 heterocycles. The van der Waals surface area contributed by atoms with Crippen molar-refractivity contribution in [1.29, 1.82) is 0 Å². The van der Waals surface area contributed by atoms with Crippen LogP contribution in [0.1, 0.15) is 25.8 Å². The molecular weight excluding hydrogens is 170 g/mol. The number of rotatable bonds is 2. The molecule has 0 aliphatic carbocycles. The smallest absolute Gasteiger partial charge is 0.144 e. The molecule has 1 aromatic heterocycles. The largest absolute Gasteiger partial charge is 0.299 e. The molecular formula is C9H13NOS. The number of thiazole rings is 1. The summed E-state index contributed by atoms with van der Waals surface area (Å²) in [5.74, 6) is 0.248. The van der Waals surface area contributed by atoms with Crippen LogP contribution in [0.2, 0.25) is 0 Å². The van der Waals surface area contributed by atoms with E-state index in [-0.39, 0.29) is 11.2 Å². The molecule has 0 saturated carbocycles. The van der Waals surface area contributed by atoms with Gasteiger partial charge in [0.2, 0.25) is 0 Å². The fourth-order valence-electron chi connectivity index (χ4n) is 0.743. The molecule has 0 atom stereocenters. The average molecular weight is 183 g/mol. The Morgan fingerprint density at radius 2 is 2.25 bits per heavy atom. The van der Waals surface area contributed by atoms with Crippen molar-refractivity contribution in [3.8, 4) is 0 Å². The van der Waals surface area contributed by atoms with Gasteiger partial charge in [-0.05, 0) is 0 Å². The summed E-state index contributed by atoms with van der Waals surface area (Å²) in [6.07, 6.45) is 2.21. The predicted molar refractivity (Wildman–Crippen MR) is 50.3 cm³/mol. The maximum absolute atomic E-state index is 11.5. The van der Waals surface area contributed by atoms with Crippen molar-refractivity contribution in [2.45, 2.75) is 27.2 Å². The Morgan fingerprint density at radius 1 is 1.58 bits per heavy atom. The van der Waals surface area contributed by atoms with Gasteiger partial charge in [0.25, 0.3) is 0 Å². The number of ketones is 1. The minimum atomic E-state index is -0.244. The van der Waals surface area contributed by atoms with Crippen molar-refractivity contribution in [2.75, 3.05) is 0 Å². The van der Waals surface area contributed by atoms with Crippen LogP contribution in [0.25, 0.3) is 0 Å². The van der Waals surface area contributed by atoms with E-state index in [1.807, 2.05) is 26.2 Å². The summed E-state index contributed by atoms with van der Waals surface area (Å²) < 4.78 is 0. The van der Waals surface area contributed by atoms with Gasteiger partial charge in [0, 0.05) is 17.0 Å². The third kappa shape index (κ3) is 2.41. The van der Waals surface area contributed by atoms with Crippen LogP contribution in [0, 0.1) is 5.41 Å². The Bertz CT molecular complexity index is 259. The summed E-state index contributed by atoms with van der Waals surface area (Å²) in [6.45, 7) is 5.80. The number of carbonyl (C=O) groups excluding carboxylic acids is 1. The van der Waals surface area contributed by atoms with Gasteiger partial charge in [-0.25, -0.2) is 4.98 Å². The molecule has 0 fully saturated rings. The molecule has 0 saturated heterocycles. The first-order chi connectivity index (χ1) is 5.50. The molecule has 0 radical (unpaired) electrons. The molecule has 0 N–H and O–H groups in total. The van der Waals surface area contributed by atoms with Gasteiger partial charge in [0.15, 0.2) is 0 Å². The Labute approximate surface area is 76.6 Å². The van der Waals surface area contributed by atoms with Crippen LogP contribution in [-0.4, -0.2) is 10.8 Å². The van der Waals surface area contributed by atoms with Crippen molar-refractivity contribution < 1.29 is 4.79 Å².